The van der Waals surface area contributed by atoms with Gasteiger partial charge in [0.25, 0.3) is 11.6 Å². The Morgan fingerprint density at radius 3 is 2.45 bits per heavy atom. The number of non-ortho nitro benzene ring substituents is 1. The number of rotatable bonds is 5. The molecule has 2 aromatic carbocycles. The zero-order chi connectivity index (χ0) is 21.2. The van der Waals surface area contributed by atoms with E-state index < -0.39 is 10.8 Å². The molecule has 3 rings (SSSR count). The Kier molecular flexibility index (Phi) is 5.70. The van der Waals surface area contributed by atoms with Gasteiger partial charge < -0.3 is 5.32 Å². The molecule has 0 fully saturated rings. The summed E-state index contributed by atoms with van der Waals surface area (Å²) in [5.41, 5.74) is 1.66. The van der Waals surface area contributed by atoms with Crippen LogP contribution in [-0.2, 0) is 12.0 Å². The molecule has 150 valence electrons. The summed E-state index contributed by atoms with van der Waals surface area (Å²) in [6, 6.07) is 15.4. The summed E-state index contributed by atoms with van der Waals surface area (Å²) < 4.78 is 1.73. The van der Waals surface area contributed by atoms with Crippen LogP contribution in [0.2, 0.25) is 5.02 Å². The number of halogens is 1. The van der Waals surface area contributed by atoms with Crippen molar-refractivity contribution in [1.29, 1.82) is 0 Å². The van der Waals surface area contributed by atoms with Gasteiger partial charge in [0.15, 0.2) is 0 Å². The summed E-state index contributed by atoms with van der Waals surface area (Å²) in [4.78, 5) is 23.1. The van der Waals surface area contributed by atoms with Crippen LogP contribution in [0.5, 0.6) is 0 Å². The normalized spacial score (nSPS) is 11.3. The Balaban J connectivity index is 1.92. The van der Waals surface area contributed by atoms with Crippen molar-refractivity contribution in [3.63, 3.8) is 0 Å². The topological polar surface area (TPSA) is 90.1 Å². The number of carbonyl (C=O) groups excluding carboxylic acids is 1. The van der Waals surface area contributed by atoms with Gasteiger partial charge in [0, 0.05) is 23.6 Å². The lowest BCUT2D eigenvalue weighted by Crippen LogP contribution is -2.17. The second-order valence-electron chi connectivity index (χ2n) is 7.68. The molecular formula is C21H21ClN4O3. The molecule has 1 N–H and O–H groups in total. The van der Waals surface area contributed by atoms with Crippen molar-refractivity contribution in [2.75, 3.05) is 5.32 Å². The third-order valence-electron chi connectivity index (χ3n) is 4.37. The van der Waals surface area contributed by atoms with E-state index in [2.05, 4.69) is 10.4 Å². The van der Waals surface area contributed by atoms with Crippen LogP contribution in [0.3, 0.4) is 0 Å². The zero-order valence-electron chi connectivity index (χ0n) is 16.3. The van der Waals surface area contributed by atoms with Gasteiger partial charge in [-0.2, -0.15) is 5.10 Å². The third kappa shape index (κ3) is 4.81. The summed E-state index contributed by atoms with van der Waals surface area (Å²) in [5.74, 6) is 0.0674. The maximum absolute atomic E-state index is 12.8. The van der Waals surface area contributed by atoms with Crippen molar-refractivity contribution < 1.29 is 9.72 Å². The Bertz CT molecular complexity index is 1060. The summed E-state index contributed by atoms with van der Waals surface area (Å²) in [6.07, 6.45) is 0. The lowest BCUT2D eigenvalue weighted by atomic mass is 9.92. The number of aromatic nitrogens is 2. The predicted octanol–water partition coefficient (Wildman–Crippen LogP) is 5.04. The van der Waals surface area contributed by atoms with Crippen molar-refractivity contribution in [3.8, 4) is 0 Å². The summed E-state index contributed by atoms with van der Waals surface area (Å²) in [6.45, 7) is 6.61. The van der Waals surface area contributed by atoms with Crippen LogP contribution >= 0.6 is 11.6 Å². The number of nitrogens with zero attached hydrogens (tertiary/aromatic N) is 3. The molecule has 8 heteroatoms. The number of hydrogen-bond acceptors (Lipinski definition) is 4. The second-order valence-corrected chi connectivity index (χ2v) is 8.09. The summed E-state index contributed by atoms with van der Waals surface area (Å²) >= 11 is 6.09. The molecule has 7 nitrogen and oxygen atoms in total. The van der Waals surface area contributed by atoms with Gasteiger partial charge in [0.2, 0.25) is 0 Å². The van der Waals surface area contributed by atoms with Crippen molar-refractivity contribution in [3.05, 3.63) is 86.6 Å². The van der Waals surface area contributed by atoms with Crippen molar-refractivity contribution >= 4 is 29.0 Å². The lowest BCUT2D eigenvalue weighted by Gasteiger charge is -2.14. The van der Waals surface area contributed by atoms with Crippen molar-refractivity contribution in [2.45, 2.75) is 32.7 Å². The molecule has 0 spiro atoms. The molecule has 3 aromatic rings. The van der Waals surface area contributed by atoms with Gasteiger partial charge in [-0.1, -0.05) is 62.7 Å². The molecule has 0 atom stereocenters. The number of hydrogen-bond donors (Lipinski definition) is 1. The standard InChI is InChI=1S/C21H21ClN4O3/c1-21(2,3)18-12-19(25(24-18)13-14-7-5-4-6-8-14)23-20(27)16-10-9-15(26(28)29)11-17(16)22/h4-12H,13H2,1-3H3,(H,23,27). The molecule has 0 saturated heterocycles. The van der Waals surface area contributed by atoms with Gasteiger partial charge in [-0.3, -0.25) is 14.9 Å². The van der Waals surface area contributed by atoms with E-state index in [0.717, 1.165) is 17.3 Å². The highest BCUT2D eigenvalue weighted by molar-refractivity contribution is 6.34. The first-order valence-electron chi connectivity index (χ1n) is 9.02. The third-order valence-corrected chi connectivity index (χ3v) is 4.69. The van der Waals surface area contributed by atoms with E-state index in [9.17, 15) is 14.9 Å². The molecule has 1 aromatic heterocycles. The van der Waals surface area contributed by atoms with Crippen molar-refractivity contribution in [1.82, 2.24) is 9.78 Å². The fraction of sp³-hybridized carbons (Fsp3) is 0.238. The van der Waals surface area contributed by atoms with Crippen LogP contribution in [0.1, 0.15) is 42.4 Å². The van der Waals surface area contributed by atoms with E-state index in [-0.39, 0.29) is 21.7 Å². The molecule has 0 saturated carbocycles. The van der Waals surface area contributed by atoms with Crippen LogP contribution in [0.25, 0.3) is 0 Å². The van der Waals surface area contributed by atoms with E-state index >= 15 is 0 Å². The van der Waals surface area contributed by atoms with Crippen LogP contribution in [0.4, 0.5) is 11.5 Å². The SMILES string of the molecule is CC(C)(C)c1cc(NC(=O)c2ccc([N+](=O)[O-])cc2Cl)n(Cc2ccccc2)n1. The molecule has 0 radical (unpaired) electrons. The predicted molar refractivity (Wildman–Crippen MR) is 113 cm³/mol. The number of anilines is 1. The number of carbonyl (C=O) groups is 1. The van der Waals surface area contributed by atoms with Gasteiger partial charge in [-0.25, -0.2) is 4.68 Å². The van der Waals surface area contributed by atoms with Crippen LogP contribution in [0, 0.1) is 10.1 Å². The first-order chi connectivity index (χ1) is 13.6. The number of nitro groups is 1. The Labute approximate surface area is 173 Å². The molecule has 0 unspecified atom stereocenters. The smallest absolute Gasteiger partial charge is 0.270 e. The fourth-order valence-corrected chi connectivity index (χ4v) is 3.01. The monoisotopic (exact) mass is 412 g/mol. The minimum Gasteiger partial charge on any atom is -0.307 e. The van der Waals surface area contributed by atoms with E-state index in [1.54, 1.807) is 4.68 Å². The second kappa shape index (κ2) is 8.05. The van der Waals surface area contributed by atoms with E-state index in [0.29, 0.717) is 12.4 Å². The highest BCUT2D eigenvalue weighted by Gasteiger charge is 2.22. The minimum absolute atomic E-state index is 0.0156. The first-order valence-corrected chi connectivity index (χ1v) is 9.40. The van der Waals surface area contributed by atoms with Crippen LogP contribution in [-0.4, -0.2) is 20.6 Å². The molecular weight excluding hydrogens is 392 g/mol. The maximum atomic E-state index is 12.8. The van der Waals surface area contributed by atoms with Gasteiger partial charge in [-0.15, -0.1) is 0 Å². The molecule has 0 aliphatic rings. The van der Waals surface area contributed by atoms with Crippen LogP contribution < -0.4 is 5.32 Å². The van der Waals surface area contributed by atoms with E-state index in [4.69, 9.17) is 11.6 Å². The quantitative estimate of drug-likeness (QED) is 0.469. The highest BCUT2D eigenvalue weighted by Crippen LogP contribution is 2.27. The van der Waals surface area contributed by atoms with Crippen LogP contribution in [0.15, 0.2) is 54.6 Å². The number of nitro benzene ring substituents is 1. The number of amides is 1. The molecule has 0 aliphatic heterocycles. The molecule has 0 bridgehead atoms. The maximum Gasteiger partial charge on any atom is 0.270 e. The highest BCUT2D eigenvalue weighted by atomic mass is 35.5. The van der Waals surface area contributed by atoms with Crippen molar-refractivity contribution in [2.24, 2.45) is 0 Å². The Hall–Kier alpha value is -3.19. The molecule has 1 heterocycles. The Morgan fingerprint density at radius 2 is 1.86 bits per heavy atom. The van der Waals surface area contributed by atoms with Gasteiger partial charge >= 0.3 is 0 Å². The first kappa shape index (κ1) is 20.5. The van der Waals surface area contributed by atoms with E-state index in [1.807, 2.05) is 57.2 Å². The molecule has 1 amide bonds. The lowest BCUT2D eigenvalue weighted by molar-refractivity contribution is -0.384. The van der Waals surface area contributed by atoms with Gasteiger partial charge in [-0.05, 0) is 11.6 Å². The molecule has 29 heavy (non-hydrogen) atoms. The number of benzene rings is 2. The van der Waals surface area contributed by atoms with E-state index in [1.165, 1.54) is 12.1 Å². The number of nitrogens with one attached hydrogen (secondary N) is 1. The fourth-order valence-electron chi connectivity index (χ4n) is 2.75. The largest absolute Gasteiger partial charge is 0.307 e. The zero-order valence-corrected chi connectivity index (χ0v) is 17.1. The van der Waals surface area contributed by atoms with Gasteiger partial charge in [0.05, 0.1) is 27.7 Å². The van der Waals surface area contributed by atoms with Gasteiger partial charge in [0.1, 0.15) is 5.82 Å². The minimum atomic E-state index is -0.557. The summed E-state index contributed by atoms with van der Waals surface area (Å²) in [7, 11) is 0. The Morgan fingerprint density at radius 1 is 1.17 bits per heavy atom. The summed E-state index contributed by atoms with van der Waals surface area (Å²) in [5, 5.41) is 18.4. The average Bonchev–Trinajstić information content (AvgIpc) is 3.05. The average molecular weight is 413 g/mol. The molecule has 0 aliphatic carbocycles.